The van der Waals surface area contributed by atoms with Crippen LogP contribution in [0.5, 0.6) is 0 Å². The van der Waals surface area contributed by atoms with Gasteiger partial charge in [-0.1, -0.05) is 36.8 Å². The van der Waals surface area contributed by atoms with Gasteiger partial charge >= 0.3 is 0 Å². The first kappa shape index (κ1) is 16.5. The van der Waals surface area contributed by atoms with E-state index in [0.29, 0.717) is 5.92 Å². The minimum Gasteiger partial charge on any atom is -0.385 e. The van der Waals surface area contributed by atoms with Gasteiger partial charge in [0.25, 0.3) is 0 Å². The van der Waals surface area contributed by atoms with E-state index in [1.807, 2.05) is 6.92 Å². The Labute approximate surface area is 130 Å². The molecule has 0 aromatic carbocycles. The largest absolute Gasteiger partial charge is 0.385 e. The van der Waals surface area contributed by atoms with Crippen LogP contribution in [0.2, 0.25) is 0 Å². The van der Waals surface area contributed by atoms with E-state index in [2.05, 4.69) is 39.5 Å². The Hall–Kier alpha value is -0.820. The van der Waals surface area contributed by atoms with Crippen LogP contribution in [0.1, 0.15) is 72.6 Å². The van der Waals surface area contributed by atoms with Gasteiger partial charge < -0.3 is 5.11 Å². The van der Waals surface area contributed by atoms with E-state index in [-0.39, 0.29) is 5.41 Å². The SMILES string of the molecule is C=C(C)[C@@]1(O)CC[C@@]2(C)C/C=C(/C)CC/C=C(/C)CC[C@@H]21. The molecule has 0 aromatic rings. The maximum atomic E-state index is 11.2. The van der Waals surface area contributed by atoms with Gasteiger partial charge in [0, 0.05) is 0 Å². The van der Waals surface area contributed by atoms with E-state index in [4.69, 9.17) is 0 Å². The smallest absolute Gasteiger partial charge is 0.0885 e. The highest BCUT2D eigenvalue weighted by Gasteiger charge is 2.53. The average molecular weight is 288 g/mol. The minimum atomic E-state index is -0.662. The van der Waals surface area contributed by atoms with E-state index in [0.717, 1.165) is 44.1 Å². The first-order valence-corrected chi connectivity index (χ1v) is 8.47. The third-order valence-electron chi connectivity index (χ3n) is 6.01. The van der Waals surface area contributed by atoms with Crippen LogP contribution in [0.15, 0.2) is 35.5 Å². The van der Waals surface area contributed by atoms with Crippen LogP contribution < -0.4 is 0 Å². The van der Waals surface area contributed by atoms with Crippen molar-refractivity contribution in [2.24, 2.45) is 11.3 Å². The molecule has 0 bridgehead atoms. The zero-order valence-corrected chi connectivity index (χ0v) is 14.3. The molecule has 0 saturated heterocycles. The minimum absolute atomic E-state index is 0.208. The summed E-state index contributed by atoms with van der Waals surface area (Å²) in [6.07, 6.45) is 12.4. The number of hydrogen-bond acceptors (Lipinski definition) is 1. The Morgan fingerprint density at radius 3 is 2.52 bits per heavy atom. The molecule has 1 saturated carbocycles. The summed E-state index contributed by atoms with van der Waals surface area (Å²) in [5.74, 6) is 0.327. The topological polar surface area (TPSA) is 20.2 Å². The van der Waals surface area contributed by atoms with Gasteiger partial charge in [-0.25, -0.2) is 0 Å². The molecule has 2 aliphatic carbocycles. The predicted octanol–water partition coefficient (Wildman–Crippen LogP) is 5.57. The monoisotopic (exact) mass is 288 g/mol. The predicted molar refractivity (Wildman–Crippen MR) is 91.2 cm³/mol. The normalized spacial score (nSPS) is 43.0. The number of allylic oxidation sites excluding steroid dienone is 4. The van der Waals surface area contributed by atoms with Gasteiger partial charge in [-0.2, -0.15) is 0 Å². The van der Waals surface area contributed by atoms with Crippen molar-refractivity contribution in [2.45, 2.75) is 78.2 Å². The molecule has 3 atom stereocenters. The summed E-state index contributed by atoms with van der Waals surface area (Å²) in [6, 6.07) is 0. The van der Waals surface area contributed by atoms with Gasteiger partial charge in [0.1, 0.15) is 0 Å². The van der Waals surface area contributed by atoms with Crippen molar-refractivity contribution in [2.75, 3.05) is 0 Å². The quantitative estimate of drug-likeness (QED) is 0.626. The van der Waals surface area contributed by atoms with Crippen molar-refractivity contribution in [1.29, 1.82) is 0 Å². The molecule has 0 unspecified atom stereocenters. The van der Waals surface area contributed by atoms with Crippen LogP contribution in [0, 0.1) is 11.3 Å². The van der Waals surface area contributed by atoms with E-state index in [1.54, 1.807) is 0 Å². The van der Waals surface area contributed by atoms with Gasteiger partial charge in [0.05, 0.1) is 5.60 Å². The van der Waals surface area contributed by atoms with E-state index in [1.165, 1.54) is 17.6 Å². The molecule has 0 aromatic heterocycles. The van der Waals surface area contributed by atoms with E-state index in [9.17, 15) is 5.11 Å². The Balaban J connectivity index is 2.35. The highest BCUT2D eigenvalue weighted by molar-refractivity contribution is 5.21. The summed E-state index contributed by atoms with van der Waals surface area (Å²) >= 11 is 0. The Morgan fingerprint density at radius 2 is 1.86 bits per heavy atom. The second-order valence-corrected chi connectivity index (χ2v) is 7.79. The average Bonchev–Trinajstić information content (AvgIpc) is 2.67. The summed E-state index contributed by atoms with van der Waals surface area (Å²) in [5.41, 5.74) is 3.47. The van der Waals surface area contributed by atoms with Crippen LogP contribution in [0.4, 0.5) is 0 Å². The maximum Gasteiger partial charge on any atom is 0.0885 e. The Morgan fingerprint density at radius 1 is 1.19 bits per heavy atom. The molecule has 0 aliphatic heterocycles. The zero-order valence-electron chi connectivity index (χ0n) is 14.3. The molecule has 1 nitrogen and oxygen atoms in total. The Kier molecular flexibility index (Phi) is 4.82. The molecular formula is C20H32O. The number of fused-ring (bicyclic) bond motifs is 1. The molecule has 2 aliphatic rings. The van der Waals surface area contributed by atoms with Gasteiger partial charge in [-0.05, 0) is 82.6 Å². The lowest BCUT2D eigenvalue weighted by Crippen LogP contribution is -2.39. The highest BCUT2D eigenvalue weighted by atomic mass is 16.3. The molecule has 1 N–H and O–H groups in total. The molecule has 1 heteroatoms. The lowest BCUT2D eigenvalue weighted by atomic mass is 9.69. The summed E-state index contributed by atoms with van der Waals surface area (Å²) < 4.78 is 0. The molecule has 0 amide bonds. The fraction of sp³-hybridized carbons (Fsp3) is 0.700. The van der Waals surface area contributed by atoms with Crippen LogP contribution in [-0.2, 0) is 0 Å². The van der Waals surface area contributed by atoms with Crippen LogP contribution in [0.25, 0.3) is 0 Å². The lowest BCUT2D eigenvalue weighted by molar-refractivity contribution is 0.00422. The first-order chi connectivity index (χ1) is 9.78. The number of rotatable bonds is 1. The van der Waals surface area contributed by atoms with E-state index >= 15 is 0 Å². The van der Waals surface area contributed by atoms with Crippen molar-refractivity contribution in [1.82, 2.24) is 0 Å². The van der Waals surface area contributed by atoms with E-state index < -0.39 is 5.60 Å². The second-order valence-electron chi connectivity index (χ2n) is 7.79. The molecule has 0 heterocycles. The molecule has 21 heavy (non-hydrogen) atoms. The number of aliphatic hydroxyl groups is 1. The van der Waals surface area contributed by atoms with Crippen molar-refractivity contribution in [3.63, 3.8) is 0 Å². The van der Waals surface area contributed by atoms with Crippen LogP contribution >= 0.6 is 0 Å². The first-order valence-electron chi connectivity index (χ1n) is 8.47. The molecular weight excluding hydrogens is 256 g/mol. The van der Waals surface area contributed by atoms with Gasteiger partial charge in [0.15, 0.2) is 0 Å². The van der Waals surface area contributed by atoms with Gasteiger partial charge in [-0.3, -0.25) is 0 Å². The van der Waals surface area contributed by atoms with Crippen molar-refractivity contribution >= 4 is 0 Å². The third-order valence-corrected chi connectivity index (χ3v) is 6.01. The van der Waals surface area contributed by atoms with Crippen LogP contribution in [0.3, 0.4) is 0 Å². The van der Waals surface area contributed by atoms with Crippen molar-refractivity contribution in [3.05, 3.63) is 35.5 Å². The summed E-state index contributed by atoms with van der Waals surface area (Å²) in [6.45, 7) is 13.0. The zero-order chi connectivity index (χ0) is 15.7. The molecule has 2 rings (SSSR count). The molecule has 1 fully saturated rings. The molecule has 0 radical (unpaired) electrons. The summed E-state index contributed by atoms with van der Waals surface area (Å²) in [5, 5.41) is 11.2. The third kappa shape index (κ3) is 3.34. The maximum absolute atomic E-state index is 11.2. The fourth-order valence-corrected chi connectivity index (χ4v) is 4.27. The summed E-state index contributed by atoms with van der Waals surface area (Å²) in [7, 11) is 0. The van der Waals surface area contributed by atoms with Crippen molar-refractivity contribution < 1.29 is 5.11 Å². The highest BCUT2D eigenvalue weighted by Crippen LogP contribution is 2.56. The summed E-state index contributed by atoms with van der Waals surface area (Å²) in [4.78, 5) is 0. The van der Waals surface area contributed by atoms with Gasteiger partial charge in [0.2, 0.25) is 0 Å². The number of hydrogen-bond donors (Lipinski definition) is 1. The van der Waals surface area contributed by atoms with Crippen LogP contribution in [-0.4, -0.2) is 10.7 Å². The fourth-order valence-electron chi connectivity index (χ4n) is 4.27. The standard InChI is InChI=1S/C20H32O/c1-15(2)20(21)14-13-19(5)12-11-17(4)8-6-7-16(3)9-10-18(19)20/h7,11,18,21H,1,6,8-10,12-14H2,2-5H3/b16-7-,17-11-/t18-,19+,20-/m0/s1. The molecule has 0 spiro atoms. The second kappa shape index (κ2) is 6.12. The van der Waals surface area contributed by atoms with Gasteiger partial charge in [-0.15, -0.1) is 0 Å². The van der Waals surface area contributed by atoms with Crippen molar-refractivity contribution in [3.8, 4) is 0 Å². The lowest BCUT2D eigenvalue weighted by Gasteiger charge is -2.39. The molecule has 118 valence electrons. The Bertz CT molecular complexity index is 470.